The second kappa shape index (κ2) is 5.33. The van der Waals surface area contributed by atoms with Gasteiger partial charge in [-0.25, -0.2) is 0 Å². The molecule has 3 nitrogen and oxygen atoms in total. The number of ether oxygens (including phenoxy) is 1. The highest BCUT2D eigenvalue weighted by atomic mass is 16.5. The Hall–Kier alpha value is -1.74. The lowest BCUT2D eigenvalue weighted by atomic mass is 10.1. The summed E-state index contributed by atoms with van der Waals surface area (Å²) in [6.45, 7) is 4.78. The third kappa shape index (κ3) is 2.59. The molecule has 2 aromatic rings. The summed E-state index contributed by atoms with van der Waals surface area (Å²) in [6.07, 6.45) is 0.446. The van der Waals surface area contributed by atoms with E-state index >= 15 is 0 Å². The van der Waals surface area contributed by atoms with Crippen LogP contribution in [0.2, 0.25) is 0 Å². The summed E-state index contributed by atoms with van der Waals surface area (Å²) in [4.78, 5) is 0. The lowest BCUT2D eigenvalue weighted by Gasteiger charge is -2.10. The molecule has 0 bridgehead atoms. The molecule has 1 aliphatic rings. The molecule has 0 aliphatic heterocycles. The van der Waals surface area contributed by atoms with E-state index in [4.69, 9.17) is 9.15 Å². The summed E-state index contributed by atoms with van der Waals surface area (Å²) in [7, 11) is 0. The third-order valence-electron chi connectivity index (χ3n) is 3.88. The number of benzene rings is 1. The van der Waals surface area contributed by atoms with Crippen molar-refractivity contribution >= 4 is 0 Å². The van der Waals surface area contributed by atoms with Crippen molar-refractivity contribution in [2.24, 2.45) is 5.92 Å². The lowest BCUT2D eigenvalue weighted by molar-refractivity contribution is 0.186. The first-order valence-electron chi connectivity index (χ1n) is 7.19. The minimum Gasteiger partial charge on any atom is -0.494 e. The zero-order chi connectivity index (χ0) is 14.1. The summed E-state index contributed by atoms with van der Waals surface area (Å²) in [5.41, 5.74) is 0.792. The van der Waals surface area contributed by atoms with Crippen LogP contribution < -0.4 is 4.74 Å². The van der Waals surface area contributed by atoms with Crippen LogP contribution in [0.15, 0.2) is 40.8 Å². The first-order valence-corrected chi connectivity index (χ1v) is 7.19. The molecule has 1 N–H and O–H groups in total. The monoisotopic (exact) mass is 272 g/mol. The van der Waals surface area contributed by atoms with Crippen molar-refractivity contribution in [3.05, 3.63) is 53.5 Å². The molecule has 1 aromatic carbocycles. The van der Waals surface area contributed by atoms with Gasteiger partial charge in [-0.15, -0.1) is 0 Å². The fourth-order valence-corrected chi connectivity index (χ4v) is 2.54. The van der Waals surface area contributed by atoms with Gasteiger partial charge in [0.05, 0.1) is 6.61 Å². The van der Waals surface area contributed by atoms with Crippen LogP contribution in [0.5, 0.6) is 5.75 Å². The van der Waals surface area contributed by atoms with Crippen LogP contribution in [-0.2, 0) is 0 Å². The maximum Gasteiger partial charge on any atom is 0.137 e. The van der Waals surface area contributed by atoms with Crippen molar-refractivity contribution in [1.29, 1.82) is 0 Å². The molecule has 1 fully saturated rings. The Balaban J connectivity index is 1.79. The maximum absolute atomic E-state index is 10.4. The van der Waals surface area contributed by atoms with E-state index < -0.39 is 6.10 Å². The predicted octanol–water partition coefficient (Wildman–Crippen LogP) is 3.88. The molecule has 1 aromatic heterocycles. The van der Waals surface area contributed by atoms with Crippen molar-refractivity contribution < 1.29 is 14.3 Å². The van der Waals surface area contributed by atoms with Crippen LogP contribution in [0.25, 0.3) is 0 Å². The van der Waals surface area contributed by atoms with Crippen molar-refractivity contribution in [2.75, 3.05) is 6.61 Å². The van der Waals surface area contributed by atoms with Gasteiger partial charge in [-0.3, -0.25) is 0 Å². The average Bonchev–Trinajstić information content (AvgIpc) is 3.00. The van der Waals surface area contributed by atoms with Gasteiger partial charge in [-0.05, 0) is 49.1 Å². The molecule has 0 radical (unpaired) electrons. The van der Waals surface area contributed by atoms with Crippen molar-refractivity contribution in [3.8, 4) is 5.75 Å². The van der Waals surface area contributed by atoms with Crippen molar-refractivity contribution in [1.82, 2.24) is 0 Å². The highest BCUT2D eigenvalue weighted by Crippen LogP contribution is 2.47. The van der Waals surface area contributed by atoms with Crippen LogP contribution >= 0.6 is 0 Å². The molecule has 1 aliphatic carbocycles. The highest BCUT2D eigenvalue weighted by Gasteiger charge is 2.37. The van der Waals surface area contributed by atoms with Gasteiger partial charge in [0.1, 0.15) is 23.4 Å². The Bertz CT molecular complexity index is 587. The number of rotatable bonds is 5. The van der Waals surface area contributed by atoms with Gasteiger partial charge in [0.15, 0.2) is 0 Å². The van der Waals surface area contributed by atoms with Crippen LogP contribution in [0.1, 0.15) is 49.4 Å². The molecule has 3 heteroatoms. The molecule has 1 heterocycles. The standard InChI is InChI=1S/C17H20O3/c1-3-19-13-6-4-5-12(10-13)17(18)16-8-7-15(20-16)14-9-11(14)2/h4-8,10-11,14,17-18H,3,9H2,1-2H3. The Morgan fingerprint density at radius 1 is 1.35 bits per heavy atom. The Labute approximate surface area is 119 Å². The minimum atomic E-state index is -0.738. The van der Waals surface area contributed by atoms with Gasteiger partial charge in [0, 0.05) is 5.92 Å². The topological polar surface area (TPSA) is 42.6 Å². The zero-order valence-electron chi connectivity index (χ0n) is 11.9. The molecule has 106 valence electrons. The van der Waals surface area contributed by atoms with Gasteiger partial charge in [0.25, 0.3) is 0 Å². The number of furan rings is 1. The van der Waals surface area contributed by atoms with Crippen LogP contribution in [-0.4, -0.2) is 11.7 Å². The first-order chi connectivity index (χ1) is 9.69. The summed E-state index contributed by atoms with van der Waals surface area (Å²) in [6, 6.07) is 11.4. The first kappa shape index (κ1) is 13.3. The van der Waals surface area contributed by atoms with E-state index in [1.165, 1.54) is 6.42 Å². The average molecular weight is 272 g/mol. The van der Waals surface area contributed by atoms with Gasteiger partial charge < -0.3 is 14.3 Å². The maximum atomic E-state index is 10.4. The molecule has 0 spiro atoms. The summed E-state index contributed by atoms with van der Waals surface area (Å²) < 4.78 is 11.3. The van der Waals surface area contributed by atoms with Gasteiger partial charge >= 0.3 is 0 Å². The smallest absolute Gasteiger partial charge is 0.137 e. The fourth-order valence-electron chi connectivity index (χ4n) is 2.54. The van der Waals surface area contributed by atoms with E-state index in [1.807, 2.05) is 43.3 Å². The Kier molecular flexibility index (Phi) is 3.53. The molecule has 3 atom stereocenters. The van der Waals surface area contributed by atoms with E-state index in [-0.39, 0.29) is 0 Å². The van der Waals surface area contributed by atoms with E-state index in [0.29, 0.717) is 24.2 Å². The molecule has 0 amide bonds. The van der Waals surface area contributed by atoms with Crippen molar-refractivity contribution in [3.63, 3.8) is 0 Å². The predicted molar refractivity (Wildman–Crippen MR) is 76.9 cm³/mol. The number of hydrogen-bond acceptors (Lipinski definition) is 3. The van der Waals surface area contributed by atoms with E-state index in [1.54, 1.807) is 0 Å². The van der Waals surface area contributed by atoms with Crippen LogP contribution in [0.3, 0.4) is 0 Å². The minimum absolute atomic E-state index is 0.533. The zero-order valence-corrected chi connectivity index (χ0v) is 11.9. The van der Waals surface area contributed by atoms with Crippen LogP contribution in [0, 0.1) is 5.92 Å². The van der Waals surface area contributed by atoms with E-state index in [2.05, 4.69) is 6.92 Å². The second-order valence-electron chi connectivity index (χ2n) is 5.47. The summed E-state index contributed by atoms with van der Waals surface area (Å²) in [5.74, 6) is 3.60. The molecular formula is C17H20O3. The van der Waals surface area contributed by atoms with Gasteiger partial charge in [0.2, 0.25) is 0 Å². The molecule has 0 saturated heterocycles. The number of hydrogen-bond donors (Lipinski definition) is 1. The molecular weight excluding hydrogens is 252 g/mol. The van der Waals surface area contributed by atoms with E-state index in [0.717, 1.165) is 17.1 Å². The normalized spacial score (nSPS) is 22.6. The summed E-state index contributed by atoms with van der Waals surface area (Å²) in [5, 5.41) is 10.4. The third-order valence-corrected chi connectivity index (χ3v) is 3.88. The lowest BCUT2D eigenvalue weighted by Crippen LogP contribution is -1.99. The molecule has 3 rings (SSSR count). The summed E-state index contributed by atoms with van der Waals surface area (Å²) >= 11 is 0. The van der Waals surface area contributed by atoms with E-state index in [9.17, 15) is 5.11 Å². The SMILES string of the molecule is CCOc1cccc(C(O)c2ccc(C3CC3C)o2)c1. The van der Waals surface area contributed by atoms with Gasteiger partial charge in [-0.2, -0.15) is 0 Å². The van der Waals surface area contributed by atoms with Crippen LogP contribution in [0.4, 0.5) is 0 Å². The molecule has 3 unspecified atom stereocenters. The number of aliphatic hydroxyl groups excluding tert-OH is 1. The van der Waals surface area contributed by atoms with Gasteiger partial charge in [-0.1, -0.05) is 19.1 Å². The molecule has 1 saturated carbocycles. The Morgan fingerprint density at radius 2 is 2.15 bits per heavy atom. The largest absolute Gasteiger partial charge is 0.494 e. The number of aliphatic hydroxyl groups is 1. The van der Waals surface area contributed by atoms with Crippen molar-refractivity contribution in [2.45, 2.75) is 32.3 Å². The second-order valence-corrected chi connectivity index (χ2v) is 5.47. The molecule has 20 heavy (non-hydrogen) atoms. The Morgan fingerprint density at radius 3 is 2.85 bits per heavy atom. The fraction of sp³-hybridized carbons (Fsp3) is 0.412. The quantitative estimate of drug-likeness (QED) is 0.898. The highest BCUT2D eigenvalue weighted by molar-refractivity contribution is 5.33.